The standard InChI is InChI=1S/C12H16/c1-12-10-8-6-4-2-3-5-7-9-11-12/h2-3,6-9H,1,4-5,10-11H2/b3-2+,8-6+,9-7+. The summed E-state index contributed by atoms with van der Waals surface area (Å²) >= 11 is 0. The molecule has 0 saturated heterocycles. The summed E-state index contributed by atoms with van der Waals surface area (Å²) in [6.45, 7) is 4.00. The monoisotopic (exact) mass is 160 g/mol. The molecule has 0 nitrogen and oxygen atoms in total. The van der Waals surface area contributed by atoms with E-state index in [1.54, 1.807) is 0 Å². The van der Waals surface area contributed by atoms with Crippen molar-refractivity contribution in [3.8, 4) is 0 Å². The summed E-state index contributed by atoms with van der Waals surface area (Å²) in [4.78, 5) is 0. The van der Waals surface area contributed by atoms with Gasteiger partial charge in [0, 0.05) is 0 Å². The van der Waals surface area contributed by atoms with Gasteiger partial charge in [0.2, 0.25) is 0 Å². The van der Waals surface area contributed by atoms with Crippen LogP contribution in [0.15, 0.2) is 48.6 Å². The predicted octanol–water partition coefficient (Wildman–Crippen LogP) is 3.79. The van der Waals surface area contributed by atoms with Crippen molar-refractivity contribution in [1.82, 2.24) is 0 Å². The molecule has 0 N–H and O–H groups in total. The molecular formula is C12H16. The maximum Gasteiger partial charge on any atom is -0.0138 e. The van der Waals surface area contributed by atoms with E-state index in [1.807, 2.05) is 0 Å². The molecule has 0 radical (unpaired) electrons. The van der Waals surface area contributed by atoms with Crippen molar-refractivity contribution < 1.29 is 0 Å². The second kappa shape index (κ2) is 5.59. The first-order valence-corrected chi connectivity index (χ1v) is 4.51. The topological polar surface area (TPSA) is 0 Å². The molecule has 1 rings (SSSR count). The highest BCUT2D eigenvalue weighted by Crippen LogP contribution is 2.07. The van der Waals surface area contributed by atoms with Crippen LogP contribution in [0.4, 0.5) is 0 Å². The highest BCUT2D eigenvalue weighted by Gasteiger charge is 1.87. The molecule has 0 heteroatoms. The smallest absolute Gasteiger partial charge is 0.0138 e. The molecule has 0 bridgehead atoms. The predicted molar refractivity (Wildman–Crippen MR) is 55.0 cm³/mol. The SMILES string of the molecule is C=C1C/C=C/C/C=C/C/C=C/C1. The fourth-order valence-corrected chi connectivity index (χ4v) is 1.13. The summed E-state index contributed by atoms with van der Waals surface area (Å²) in [6, 6.07) is 0. The zero-order chi connectivity index (χ0) is 8.65. The first-order chi connectivity index (χ1) is 5.89. The van der Waals surface area contributed by atoms with Gasteiger partial charge in [-0.2, -0.15) is 0 Å². The molecule has 0 unspecified atom stereocenters. The molecule has 0 atom stereocenters. The first-order valence-electron chi connectivity index (χ1n) is 4.51. The maximum atomic E-state index is 4.00. The zero-order valence-corrected chi connectivity index (χ0v) is 7.50. The molecular weight excluding hydrogens is 144 g/mol. The molecule has 0 heterocycles. The van der Waals surface area contributed by atoms with Gasteiger partial charge in [-0.15, -0.1) is 0 Å². The third kappa shape index (κ3) is 3.97. The summed E-state index contributed by atoms with van der Waals surface area (Å²) in [6.07, 6.45) is 17.4. The molecule has 0 fully saturated rings. The third-order valence-electron chi connectivity index (χ3n) is 1.86. The Hall–Kier alpha value is -1.04. The largest absolute Gasteiger partial charge is 0.0992 e. The van der Waals surface area contributed by atoms with E-state index in [1.165, 1.54) is 5.57 Å². The van der Waals surface area contributed by atoms with Crippen LogP contribution >= 0.6 is 0 Å². The Morgan fingerprint density at radius 2 is 1.17 bits per heavy atom. The van der Waals surface area contributed by atoms with Gasteiger partial charge in [-0.05, 0) is 25.7 Å². The average Bonchev–Trinajstić information content (AvgIpc) is 2.11. The molecule has 0 aromatic carbocycles. The molecule has 0 aliphatic heterocycles. The van der Waals surface area contributed by atoms with E-state index in [4.69, 9.17) is 0 Å². The third-order valence-corrected chi connectivity index (χ3v) is 1.86. The molecule has 0 saturated carbocycles. The second-order valence-electron chi connectivity index (χ2n) is 3.04. The van der Waals surface area contributed by atoms with E-state index in [9.17, 15) is 0 Å². The van der Waals surface area contributed by atoms with Crippen molar-refractivity contribution in [2.75, 3.05) is 0 Å². The summed E-state index contributed by atoms with van der Waals surface area (Å²) in [5, 5.41) is 0. The maximum absolute atomic E-state index is 4.00. The van der Waals surface area contributed by atoms with Crippen LogP contribution in [0.25, 0.3) is 0 Å². The van der Waals surface area contributed by atoms with Gasteiger partial charge < -0.3 is 0 Å². The van der Waals surface area contributed by atoms with Crippen LogP contribution in [-0.4, -0.2) is 0 Å². The summed E-state index contributed by atoms with van der Waals surface area (Å²) in [5.74, 6) is 0. The Morgan fingerprint density at radius 3 is 1.67 bits per heavy atom. The normalized spacial score (nSPS) is 27.2. The van der Waals surface area contributed by atoms with Gasteiger partial charge >= 0.3 is 0 Å². The fraction of sp³-hybridized carbons (Fsp3) is 0.333. The summed E-state index contributed by atoms with van der Waals surface area (Å²) in [7, 11) is 0. The van der Waals surface area contributed by atoms with E-state index in [0.717, 1.165) is 25.7 Å². The highest BCUT2D eigenvalue weighted by atomic mass is 13.9. The second-order valence-corrected chi connectivity index (χ2v) is 3.04. The number of hydrogen-bond donors (Lipinski definition) is 0. The Morgan fingerprint density at radius 1 is 0.750 bits per heavy atom. The van der Waals surface area contributed by atoms with Crippen LogP contribution in [0.3, 0.4) is 0 Å². The van der Waals surface area contributed by atoms with Gasteiger partial charge in [-0.3, -0.25) is 0 Å². The van der Waals surface area contributed by atoms with E-state index < -0.39 is 0 Å². The van der Waals surface area contributed by atoms with E-state index in [2.05, 4.69) is 43.0 Å². The van der Waals surface area contributed by atoms with Crippen LogP contribution in [0.1, 0.15) is 25.7 Å². The minimum atomic E-state index is 1.03. The van der Waals surface area contributed by atoms with Crippen molar-refractivity contribution in [2.24, 2.45) is 0 Å². The summed E-state index contributed by atoms with van der Waals surface area (Å²) < 4.78 is 0. The molecule has 1 aliphatic carbocycles. The van der Waals surface area contributed by atoms with Crippen LogP contribution in [0, 0.1) is 0 Å². The Balaban J connectivity index is 2.49. The lowest BCUT2D eigenvalue weighted by Gasteiger charge is -1.95. The molecule has 0 spiro atoms. The van der Waals surface area contributed by atoms with Gasteiger partial charge in [0.05, 0.1) is 0 Å². The van der Waals surface area contributed by atoms with Gasteiger partial charge in [0.1, 0.15) is 0 Å². The van der Waals surface area contributed by atoms with Gasteiger partial charge in [-0.25, -0.2) is 0 Å². The van der Waals surface area contributed by atoms with Gasteiger partial charge in [0.15, 0.2) is 0 Å². The van der Waals surface area contributed by atoms with Crippen molar-refractivity contribution in [3.05, 3.63) is 48.6 Å². The molecule has 64 valence electrons. The number of rotatable bonds is 0. The lowest BCUT2D eigenvalue weighted by atomic mass is 10.1. The molecule has 12 heavy (non-hydrogen) atoms. The van der Waals surface area contributed by atoms with E-state index in [-0.39, 0.29) is 0 Å². The van der Waals surface area contributed by atoms with E-state index >= 15 is 0 Å². The van der Waals surface area contributed by atoms with Crippen molar-refractivity contribution in [1.29, 1.82) is 0 Å². The Labute approximate surface area is 75.0 Å². The minimum absolute atomic E-state index is 1.03. The van der Waals surface area contributed by atoms with E-state index in [0.29, 0.717) is 0 Å². The van der Waals surface area contributed by atoms with Crippen molar-refractivity contribution >= 4 is 0 Å². The first kappa shape index (κ1) is 9.05. The highest BCUT2D eigenvalue weighted by molar-refractivity contribution is 5.10. The molecule has 1 aliphatic rings. The van der Waals surface area contributed by atoms with Crippen LogP contribution in [0.2, 0.25) is 0 Å². The van der Waals surface area contributed by atoms with Crippen molar-refractivity contribution in [3.63, 3.8) is 0 Å². The lowest BCUT2D eigenvalue weighted by molar-refractivity contribution is 1.11. The lowest BCUT2D eigenvalue weighted by Crippen LogP contribution is -1.74. The number of hydrogen-bond acceptors (Lipinski definition) is 0. The molecule has 0 amide bonds. The van der Waals surface area contributed by atoms with Crippen LogP contribution in [0.5, 0.6) is 0 Å². The number of allylic oxidation sites excluding steroid dienone is 7. The zero-order valence-electron chi connectivity index (χ0n) is 7.50. The molecule has 0 aromatic rings. The molecule has 0 aromatic heterocycles. The quantitative estimate of drug-likeness (QED) is 0.473. The van der Waals surface area contributed by atoms with Crippen LogP contribution in [-0.2, 0) is 0 Å². The van der Waals surface area contributed by atoms with Gasteiger partial charge in [0.25, 0.3) is 0 Å². The average molecular weight is 160 g/mol. The Kier molecular flexibility index (Phi) is 4.22. The Bertz CT molecular complexity index is 194. The minimum Gasteiger partial charge on any atom is -0.0992 e. The summed E-state index contributed by atoms with van der Waals surface area (Å²) in [5.41, 5.74) is 1.30. The van der Waals surface area contributed by atoms with Crippen LogP contribution < -0.4 is 0 Å². The van der Waals surface area contributed by atoms with Gasteiger partial charge in [-0.1, -0.05) is 48.6 Å². The fourth-order valence-electron chi connectivity index (χ4n) is 1.13. The van der Waals surface area contributed by atoms with Crippen molar-refractivity contribution in [2.45, 2.75) is 25.7 Å².